The highest BCUT2D eigenvalue weighted by Gasteiger charge is 2.80. The first-order valence-corrected chi connectivity index (χ1v) is 12.3. The molecule has 2 spiro atoms. The average molecular weight is 440 g/mol. The SMILES string of the molecule is CO[C@]12C=C[C@@]3(CC1[C@](C)(O)CCC(C)C)[C@H]1Cc4ccc(O)c5c4[C@@]3(CCN1C)[C@H]2O5. The number of piperidine rings is 1. The Morgan fingerprint density at radius 3 is 2.81 bits per heavy atom. The standard InChI is InChI=1S/C27H37NO4/c1-16(2)8-9-24(3,30)19-15-25-10-11-27(19,31-5)23-26(25)12-13-28(4)20(25)14-17-6-7-18(29)22(32-23)21(17)26/h6-7,10-11,16,19-20,23,29-30H,8-9,12-15H2,1-5H3/t19?,20-,23-,24-,25-,26+,27-/m1/s1. The zero-order chi connectivity index (χ0) is 22.7. The Morgan fingerprint density at radius 1 is 1.31 bits per heavy atom. The first-order valence-electron chi connectivity index (χ1n) is 12.3. The Hall–Kier alpha value is -1.56. The number of benzene rings is 1. The Balaban J connectivity index is 1.59. The average Bonchev–Trinajstić information content (AvgIpc) is 3.14. The fourth-order valence-electron chi connectivity index (χ4n) is 8.52. The molecule has 7 atom stereocenters. The number of ether oxygens (including phenoxy) is 2. The van der Waals surface area contributed by atoms with E-state index in [0.29, 0.717) is 17.7 Å². The van der Waals surface area contributed by atoms with Crippen LogP contribution in [0.25, 0.3) is 0 Å². The van der Waals surface area contributed by atoms with Crippen LogP contribution in [0.5, 0.6) is 11.5 Å². The molecule has 2 heterocycles. The summed E-state index contributed by atoms with van der Waals surface area (Å²) in [6, 6.07) is 4.24. The van der Waals surface area contributed by atoms with E-state index in [1.807, 2.05) is 6.92 Å². The second kappa shape index (κ2) is 6.31. The third-order valence-electron chi connectivity index (χ3n) is 10.1. The van der Waals surface area contributed by atoms with Crippen LogP contribution in [0.3, 0.4) is 0 Å². The fourth-order valence-corrected chi connectivity index (χ4v) is 8.52. The van der Waals surface area contributed by atoms with E-state index in [9.17, 15) is 10.2 Å². The van der Waals surface area contributed by atoms with Gasteiger partial charge < -0.3 is 24.6 Å². The largest absolute Gasteiger partial charge is 0.504 e. The number of phenols is 1. The molecule has 1 unspecified atom stereocenters. The van der Waals surface area contributed by atoms with Gasteiger partial charge in [0.05, 0.1) is 11.0 Å². The number of phenolic OH excluding ortho intramolecular Hbond substituents is 1. The first-order chi connectivity index (χ1) is 15.1. The number of aliphatic hydroxyl groups is 1. The van der Waals surface area contributed by atoms with Crippen LogP contribution < -0.4 is 4.74 Å². The van der Waals surface area contributed by atoms with Gasteiger partial charge in [-0.05, 0) is 70.2 Å². The second-order valence-electron chi connectivity index (χ2n) is 11.8. The van der Waals surface area contributed by atoms with Gasteiger partial charge in [0.25, 0.3) is 0 Å². The molecule has 1 saturated carbocycles. The van der Waals surface area contributed by atoms with Crippen LogP contribution in [-0.4, -0.2) is 59.2 Å². The van der Waals surface area contributed by atoms with Gasteiger partial charge in [0, 0.05) is 30.0 Å². The predicted octanol–water partition coefficient (Wildman–Crippen LogP) is 3.80. The molecule has 2 fully saturated rings. The second-order valence-corrected chi connectivity index (χ2v) is 11.8. The minimum atomic E-state index is -0.868. The van der Waals surface area contributed by atoms with Crippen molar-refractivity contribution in [2.45, 2.75) is 81.6 Å². The summed E-state index contributed by atoms with van der Waals surface area (Å²) in [5.74, 6) is 1.35. The summed E-state index contributed by atoms with van der Waals surface area (Å²) >= 11 is 0. The maximum absolute atomic E-state index is 11.9. The molecule has 2 N–H and O–H groups in total. The van der Waals surface area contributed by atoms with Crippen molar-refractivity contribution in [1.82, 2.24) is 4.90 Å². The maximum atomic E-state index is 11.9. The fraction of sp³-hybridized carbons (Fsp3) is 0.704. The zero-order valence-corrected chi connectivity index (χ0v) is 20.0. The molecule has 0 aromatic heterocycles. The van der Waals surface area contributed by atoms with Crippen LogP contribution in [-0.2, 0) is 16.6 Å². The van der Waals surface area contributed by atoms with Gasteiger partial charge in [0.1, 0.15) is 11.7 Å². The molecule has 0 amide bonds. The molecule has 1 saturated heterocycles. The minimum absolute atomic E-state index is 0.0751. The number of hydrogen-bond donors (Lipinski definition) is 2. The molecule has 5 heteroatoms. The van der Waals surface area contributed by atoms with E-state index in [0.717, 1.165) is 38.6 Å². The Labute approximate surface area is 191 Å². The third kappa shape index (κ3) is 2.17. The van der Waals surface area contributed by atoms with Crippen LogP contribution in [0.2, 0.25) is 0 Å². The number of likely N-dealkylation sites (tertiary alicyclic amines) is 1. The molecule has 5 nitrogen and oxygen atoms in total. The summed E-state index contributed by atoms with van der Waals surface area (Å²) in [4.78, 5) is 2.52. The lowest BCUT2D eigenvalue weighted by Gasteiger charge is -2.72. The summed E-state index contributed by atoms with van der Waals surface area (Å²) in [5.41, 5.74) is 0.580. The van der Waals surface area contributed by atoms with Crippen molar-refractivity contribution in [1.29, 1.82) is 0 Å². The molecule has 4 aliphatic carbocycles. The quantitative estimate of drug-likeness (QED) is 0.684. The van der Waals surface area contributed by atoms with Crippen molar-refractivity contribution >= 4 is 0 Å². The number of nitrogens with zero attached hydrogens (tertiary/aromatic N) is 1. The van der Waals surface area contributed by atoms with E-state index >= 15 is 0 Å². The van der Waals surface area contributed by atoms with E-state index in [1.54, 1.807) is 13.2 Å². The van der Waals surface area contributed by atoms with Crippen LogP contribution in [0.15, 0.2) is 24.3 Å². The van der Waals surface area contributed by atoms with Gasteiger partial charge in [0.2, 0.25) is 0 Å². The van der Waals surface area contributed by atoms with Gasteiger partial charge in [-0.1, -0.05) is 32.1 Å². The number of methoxy groups -OCH3 is 1. The molecule has 1 aromatic rings. The van der Waals surface area contributed by atoms with Crippen molar-refractivity contribution < 1.29 is 19.7 Å². The summed E-state index contributed by atoms with van der Waals surface area (Å²) in [6.45, 7) is 7.43. The van der Waals surface area contributed by atoms with E-state index < -0.39 is 11.2 Å². The smallest absolute Gasteiger partial charge is 0.165 e. The topological polar surface area (TPSA) is 62.2 Å². The van der Waals surface area contributed by atoms with Gasteiger partial charge in [-0.15, -0.1) is 0 Å². The van der Waals surface area contributed by atoms with E-state index in [-0.39, 0.29) is 28.6 Å². The van der Waals surface area contributed by atoms with E-state index in [1.165, 1.54) is 11.1 Å². The van der Waals surface area contributed by atoms with E-state index in [4.69, 9.17) is 9.47 Å². The van der Waals surface area contributed by atoms with Crippen LogP contribution in [0.1, 0.15) is 57.6 Å². The number of hydrogen-bond acceptors (Lipinski definition) is 5. The van der Waals surface area contributed by atoms with Crippen LogP contribution in [0, 0.1) is 17.3 Å². The van der Waals surface area contributed by atoms with Crippen molar-refractivity contribution in [3.8, 4) is 11.5 Å². The Morgan fingerprint density at radius 2 is 2.09 bits per heavy atom. The Kier molecular flexibility index (Phi) is 4.14. The van der Waals surface area contributed by atoms with Gasteiger partial charge in [-0.2, -0.15) is 0 Å². The van der Waals surface area contributed by atoms with Gasteiger partial charge in [0.15, 0.2) is 11.5 Å². The monoisotopic (exact) mass is 439 g/mol. The van der Waals surface area contributed by atoms with Crippen molar-refractivity contribution in [2.24, 2.45) is 17.3 Å². The van der Waals surface area contributed by atoms with Gasteiger partial charge >= 0.3 is 0 Å². The van der Waals surface area contributed by atoms with Gasteiger partial charge in [-0.25, -0.2) is 0 Å². The maximum Gasteiger partial charge on any atom is 0.165 e. The summed E-state index contributed by atoms with van der Waals surface area (Å²) in [5, 5.41) is 22.7. The molecule has 1 aromatic carbocycles. The predicted molar refractivity (Wildman–Crippen MR) is 123 cm³/mol. The Bertz CT molecular complexity index is 1000. The van der Waals surface area contributed by atoms with Gasteiger partial charge in [-0.3, -0.25) is 0 Å². The van der Waals surface area contributed by atoms with Crippen molar-refractivity contribution in [3.05, 3.63) is 35.4 Å². The molecule has 7 rings (SSSR count). The molecule has 174 valence electrons. The molecular weight excluding hydrogens is 402 g/mol. The molecule has 0 radical (unpaired) electrons. The molecule has 2 aliphatic heterocycles. The van der Waals surface area contributed by atoms with Crippen molar-refractivity contribution in [2.75, 3.05) is 20.7 Å². The van der Waals surface area contributed by atoms with Crippen molar-refractivity contribution in [3.63, 3.8) is 0 Å². The highest BCUT2D eigenvalue weighted by Crippen LogP contribution is 2.75. The number of aromatic hydroxyl groups is 1. The first kappa shape index (κ1) is 21.0. The lowest BCUT2D eigenvalue weighted by atomic mass is 9.36. The summed E-state index contributed by atoms with van der Waals surface area (Å²) in [6.07, 6.45) is 8.94. The summed E-state index contributed by atoms with van der Waals surface area (Å²) < 4.78 is 13.2. The van der Waals surface area contributed by atoms with E-state index in [2.05, 4.69) is 44.0 Å². The van der Waals surface area contributed by atoms with Crippen LogP contribution in [0.4, 0.5) is 0 Å². The highest BCUT2D eigenvalue weighted by molar-refractivity contribution is 5.65. The summed E-state index contributed by atoms with van der Waals surface area (Å²) in [7, 11) is 4.02. The lowest BCUT2D eigenvalue weighted by Crippen LogP contribution is -2.80. The number of fused-ring (bicyclic) bond motifs is 1. The minimum Gasteiger partial charge on any atom is -0.504 e. The highest BCUT2D eigenvalue weighted by atomic mass is 16.6. The molecular formula is C27H37NO4. The zero-order valence-electron chi connectivity index (χ0n) is 20.0. The molecule has 32 heavy (non-hydrogen) atoms. The lowest BCUT2D eigenvalue weighted by molar-refractivity contribution is -0.247. The molecule has 4 bridgehead atoms. The number of likely N-dealkylation sites (N-methyl/N-ethyl adjacent to an activating group) is 1. The normalized spacial score (nSPS) is 42.7. The number of rotatable bonds is 5. The molecule has 6 aliphatic rings. The van der Waals surface area contributed by atoms with Crippen LogP contribution >= 0.6 is 0 Å². The third-order valence-corrected chi connectivity index (χ3v) is 10.1.